The Labute approximate surface area is 97.7 Å². The summed E-state index contributed by atoms with van der Waals surface area (Å²) in [5, 5.41) is 0. The number of hydrogen-bond acceptors (Lipinski definition) is 3. The van der Waals surface area contributed by atoms with E-state index in [4.69, 9.17) is 0 Å². The van der Waals surface area contributed by atoms with Crippen molar-refractivity contribution < 1.29 is 55.7 Å². The molecule has 0 radical (unpaired) electrons. The van der Waals surface area contributed by atoms with Gasteiger partial charge in [-0.05, 0) is 13.8 Å². The third-order valence-electron chi connectivity index (χ3n) is 0.539. The summed E-state index contributed by atoms with van der Waals surface area (Å²) < 4.78 is 62.2. The van der Waals surface area contributed by atoms with Crippen molar-refractivity contribution in [2.24, 2.45) is 0 Å². The fourth-order valence-corrected chi connectivity index (χ4v) is 0.609. The van der Waals surface area contributed by atoms with Gasteiger partial charge in [0.05, 0.1) is 0 Å². The van der Waals surface area contributed by atoms with Crippen molar-refractivity contribution in [2.75, 3.05) is 0 Å². The van der Waals surface area contributed by atoms with Crippen LogP contribution >= 0.6 is 0 Å². The number of alkyl halides is 6. The number of carbonyl (C=O) groups is 3. The molecular formula is C7H6CuF6O3. The molecule has 0 atom stereocenters. The molecule has 10 heteroatoms. The summed E-state index contributed by atoms with van der Waals surface area (Å²) in [4.78, 5) is 29.1. The molecule has 105 valence electrons. The molecule has 0 aliphatic heterocycles. The Balaban J connectivity index is 0. The van der Waals surface area contributed by atoms with E-state index in [0.717, 1.165) is 0 Å². The average molecular weight is 316 g/mol. The molecule has 0 spiro atoms. The van der Waals surface area contributed by atoms with Gasteiger partial charge < -0.3 is 4.79 Å². The van der Waals surface area contributed by atoms with E-state index in [-0.39, 0.29) is 5.78 Å². The molecule has 0 aromatic heterocycles. The Morgan fingerprint density at radius 1 is 0.765 bits per heavy atom. The van der Waals surface area contributed by atoms with Gasteiger partial charge in [-0.1, -0.05) is 0 Å². The summed E-state index contributed by atoms with van der Waals surface area (Å²) in [6.07, 6.45) is -10.9. The second-order valence-corrected chi connectivity index (χ2v) is 3.55. The zero-order valence-corrected chi connectivity index (χ0v) is 9.24. The third kappa shape index (κ3) is 11.4. The van der Waals surface area contributed by atoms with Crippen LogP contribution in [0.25, 0.3) is 0 Å². The van der Waals surface area contributed by atoms with E-state index in [1.165, 1.54) is 13.8 Å². The molecule has 0 saturated heterocycles. The van der Waals surface area contributed by atoms with E-state index in [1.54, 1.807) is 0 Å². The summed E-state index contributed by atoms with van der Waals surface area (Å²) in [6, 6.07) is 0. The summed E-state index contributed by atoms with van der Waals surface area (Å²) in [5.74, 6) is 0.167. The Hall–Kier alpha value is -0.891. The van der Waals surface area contributed by atoms with Crippen molar-refractivity contribution in [1.82, 2.24) is 0 Å². The molecule has 0 rings (SSSR count). The third-order valence-corrected chi connectivity index (χ3v) is 1.50. The number of Topliss-reactive ketones (excluding diaryl/α,β-unsaturated/α-hetero) is 1. The molecular weight excluding hydrogens is 310 g/mol. The summed E-state index contributed by atoms with van der Waals surface area (Å²) in [5.41, 5.74) is 0. The zero-order valence-electron chi connectivity index (χ0n) is 8.29. The number of halogens is 6. The minimum atomic E-state index is -5.44. The molecule has 17 heavy (non-hydrogen) atoms. The van der Waals surface area contributed by atoms with Gasteiger partial charge in [-0.3, -0.25) is 0 Å². The molecule has 0 amide bonds. The number of carbonyl (C=O) groups excluding carboxylic acids is 3. The second kappa shape index (κ2) is 6.75. The van der Waals surface area contributed by atoms with E-state index < -0.39 is 36.7 Å². The molecule has 3 nitrogen and oxygen atoms in total. The topological polar surface area (TPSA) is 51.2 Å². The molecule has 0 fully saturated rings. The zero-order chi connectivity index (χ0) is 14.4. The fraction of sp³-hybridized carbons (Fsp3) is 0.571. The van der Waals surface area contributed by atoms with Gasteiger partial charge in [0.2, 0.25) is 0 Å². The average Bonchev–Trinajstić information content (AvgIpc) is 1.98. The molecule has 0 N–H and O–H groups in total. The fourth-order valence-electron chi connectivity index (χ4n) is 0.148. The molecule has 0 aliphatic rings. The van der Waals surface area contributed by atoms with Gasteiger partial charge in [-0.25, -0.2) is 0 Å². The van der Waals surface area contributed by atoms with Gasteiger partial charge in [0.1, 0.15) is 5.78 Å². The van der Waals surface area contributed by atoms with Gasteiger partial charge in [-0.2, -0.15) is 0 Å². The first-order valence-electron chi connectivity index (χ1n) is 3.55. The summed E-state index contributed by atoms with van der Waals surface area (Å²) in [6.45, 7) is 3.06. The molecule has 0 unspecified atom stereocenters. The monoisotopic (exact) mass is 315 g/mol. The van der Waals surface area contributed by atoms with Crippen LogP contribution in [0.2, 0.25) is 0 Å². The minimum absolute atomic E-state index is 0.167. The van der Waals surface area contributed by atoms with Crippen molar-refractivity contribution in [3.63, 3.8) is 0 Å². The van der Waals surface area contributed by atoms with E-state index in [2.05, 4.69) is 0 Å². The SMILES string of the molecule is CC(C)=O.O=[C]([Cu][C](=O)C(F)(F)F)C(F)(F)F. The van der Waals surface area contributed by atoms with Crippen molar-refractivity contribution in [3.8, 4) is 0 Å². The van der Waals surface area contributed by atoms with E-state index in [1.807, 2.05) is 0 Å². The van der Waals surface area contributed by atoms with Crippen molar-refractivity contribution in [3.05, 3.63) is 0 Å². The van der Waals surface area contributed by atoms with Crippen LogP contribution in [-0.2, 0) is 29.3 Å². The first-order valence-corrected chi connectivity index (χ1v) is 4.49. The molecule has 0 saturated carbocycles. The Kier molecular flexibility index (Phi) is 7.34. The van der Waals surface area contributed by atoms with Gasteiger partial charge in [0.15, 0.2) is 0 Å². The standard InChI is InChI=1S/C3H6O.2C2F3O.Cu/c1-3(2)4;2*3-2(4,5)1-6;/h1-2H3;;;. The Morgan fingerprint density at radius 3 is 1.06 bits per heavy atom. The van der Waals surface area contributed by atoms with E-state index in [0.29, 0.717) is 0 Å². The number of hydrogen-bond donors (Lipinski definition) is 0. The van der Waals surface area contributed by atoms with Crippen molar-refractivity contribution in [2.45, 2.75) is 26.2 Å². The van der Waals surface area contributed by atoms with Crippen molar-refractivity contribution >= 4 is 15.1 Å². The molecule has 0 heterocycles. The predicted octanol–water partition coefficient (Wildman–Crippen LogP) is 1.84. The summed E-state index contributed by atoms with van der Waals surface area (Å²) >= 11 is -1.32. The quantitative estimate of drug-likeness (QED) is 0.577. The molecule has 0 aliphatic carbocycles. The predicted molar refractivity (Wildman–Crippen MR) is 38.5 cm³/mol. The number of ketones is 1. The van der Waals surface area contributed by atoms with Crippen molar-refractivity contribution in [1.29, 1.82) is 0 Å². The first-order chi connectivity index (χ1) is 7.28. The van der Waals surface area contributed by atoms with E-state index >= 15 is 0 Å². The Morgan fingerprint density at radius 2 is 0.941 bits per heavy atom. The van der Waals surface area contributed by atoms with Crippen LogP contribution in [0.4, 0.5) is 26.3 Å². The molecule has 0 aromatic carbocycles. The summed E-state index contributed by atoms with van der Waals surface area (Å²) in [7, 11) is 0. The van der Waals surface area contributed by atoms with Crippen LogP contribution in [-0.4, -0.2) is 27.5 Å². The normalized spacial score (nSPS) is 11.5. The molecule has 0 aromatic rings. The van der Waals surface area contributed by atoms with Gasteiger partial charge in [0.25, 0.3) is 0 Å². The maximum atomic E-state index is 11.3. The van der Waals surface area contributed by atoms with Crippen LogP contribution in [0, 0.1) is 0 Å². The van der Waals surface area contributed by atoms with Gasteiger partial charge >= 0.3 is 72.6 Å². The van der Waals surface area contributed by atoms with Crippen LogP contribution in [0.5, 0.6) is 0 Å². The Bertz CT molecular complexity index is 278. The first kappa shape index (κ1) is 18.5. The van der Waals surface area contributed by atoms with E-state index in [9.17, 15) is 40.7 Å². The molecule has 0 bridgehead atoms. The second-order valence-electron chi connectivity index (χ2n) is 2.46. The van der Waals surface area contributed by atoms with Crippen LogP contribution in [0.1, 0.15) is 13.8 Å². The van der Waals surface area contributed by atoms with Crippen LogP contribution in [0.3, 0.4) is 0 Å². The van der Waals surface area contributed by atoms with Crippen LogP contribution in [0.15, 0.2) is 0 Å². The maximum absolute atomic E-state index is 11.3. The number of rotatable bonds is 2. The van der Waals surface area contributed by atoms with Crippen LogP contribution < -0.4 is 0 Å². The van der Waals surface area contributed by atoms with Gasteiger partial charge in [-0.15, -0.1) is 0 Å². The van der Waals surface area contributed by atoms with Gasteiger partial charge in [0, 0.05) is 0 Å².